The maximum atomic E-state index is 13.8. The third-order valence-corrected chi connectivity index (χ3v) is 4.88. The average molecular weight is 446 g/mol. The van der Waals surface area contributed by atoms with E-state index in [9.17, 15) is 26.7 Å². The second kappa shape index (κ2) is 7.99. The van der Waals surface area contributed by atoms with Gasteiger partial charge in [0.25, 0.3) is 5.91 Å². The number of amides is 1. The van der Waals surface area contributed by atoms with Crippen LogP contribution in [0.4, 0.5) is 27.6 Å². The van der Waals surface area contributed by atoms with E-state index in [0.29, 0.717) is 5.52 Å². The van der Waals surface area contributed by atoms with E-state index >= 15 is 0 Å². The summed E-state index contributed by atoms with van der Waals surface area (Å²) in [5.74, 6) is -3.13. The van der Waals surface area contributed by atoms with Crippen LogP contribution >= 0.6 is 0 Å². The van der Waals surface area contributed by atoms with Crippen LogP contribution in [0.3, 0.4) is 0 Å². The highest BCUT2D eigenvalue weighted by atomic mass is 19.4. The number of hydrogen-bond acceptors (Lipinski definition) is 2. The number of benzene rings is 2. The minimum absolute atomic E-state index is 0.126. The van der Waals surface area contributed by atoms with Crippen LogP contribution in [0.2, 0.25) is 0 Å². The van der Waals surface area contributed by atoms with Crippen molar-refractivity contribution in [2.45, 2.75) is 6.18 Å². The number of nitrogens with zero attached hydrogens (tertiary/aromatic N) is 1. The summed E-state index contributed by atoms with van der Waals surface area (Å²) in [5, 5.41) is 2.40. The molecule has 0 bridgehead atoms. The molecule has 4 nitrogen and oxygen atoms in total. The van der Waals surface area contributed by atoms with E-state index in [0.717, 1.165) is 18.2 Å². The molecule has 2 aromatic carbocycles. The summed E-state index contributed by atoms with van der Waals surface area (Å²) < 4.78 is 75.0. The van der Waals surface area contributed by atoms with E-state index in [1.54, 1.807) is 12.1 Å². The first kappa shape index (κ1) is 21.4. The summed E-state index contributed by atoms with van der Waals surface area (Å²) in [5.41, 5.74) is -0.749. The molecule has 2 heterocycles. The Morgan fingerprint density at radius 2 is 1.66 bits per heavy atom. The van der Waals surface area contributed by atoms with Gasteiger partial charge in [0.15, 0.2) is 17.5 Å². The van der Waals surface area contributed by atoms with E-state index in [1.165, 1.54) is 47.9 Å². The maximum absolute atomic E-state index is 13.8. The second-order valence-electron chi connectivity index (χ2n) is 6.87. The van der Waals surface area contributed by atoms with Crippen LogP contribution in [0.1, 0.15) is 15.9 Å². The molecule has 0 aliphatic rings. The molecule has 0 atom stereocenters. The molecule has 0 radical (unpaired) electrons. The van der Waals surface area contributed by atoms with Gasteiger partial charge >= 0.3 is 6.18 Å². The lowest BCUT2D eigenvalue weighted by molar-refractivity contribution is -0.137. The summed E-state index contributed by atoms with van der Waals surface area (Å²) in [6, 6.07) is 14.4. The largest absolute Gasteiger partial charge is 0.482 e. The highest BCUT2D eigenvalue weighted by Gasteiger charge is 2.36. The van der Waals surface area contributed by atoms with Crippen LogP contribution in [-0.2, 0) is 6.18 Å². The van der Waals surface area contributed by atoms with Crippen LogP contribution in [0, 0.1) is 11.6 Å². The van der Waals surface area contributed by atoms with Gasteiger partial charge in [-0.1, -0.05) is 24.3 Å². The quantitative estimate of drug-likeness (QED) is 0.382. The van der Waals surface area contributed by atoms with Crippen molar-refractivity contribution in [1.82, 2.24) is 4.40 Å². The number of nitrogens with one attached hydrogen (secondary N) is 1. The lowest BCUT2D eigenvalue weighted by atomic mass is 10.1. The van der Waals surface area contributed by atoms with E-state index in [4.69, 9.17) is 4.74 Å². The second-order valence-corrected chi connectivity index (χ2v) is 6.87. The van der Waals surface area contributed by atoms with Gasteiger partial charge in [-0.2, -0.15) is 13.2 Å². The number of alkyl halides is 3. The molecule has 1 N–H and O–H groups in total. The zero-order valence-corrected chi connectivity index (χ0v) is 16.5. The zero-order valence-electron chi connectivity index (χ0n) is 16.5. The summed E-state index contributed by atoms with van der Waals surface area (Å²) >= 11 is 0. The number of aromatic nitrogens is 1. The van der Waals surface area contributed by atoms with E-state index in [1.807, 2.05) is 0 Å². The molecule has 9 heteroatoms. The van der Waals surface area contributed by atoms with Gasteiger partial charge in [0.2, 0.25) is 0 Å². The standard InChI is InChI=1S/C23H15F5N2O2/c1-32-19-7-2-4-15-12-17(23(26,27)28)21(30(15)19)13-8-10-14(11-9-13)29-22(31)16-5-3-6-18(24)20(16)25/h2-12H,1H3,(H,29,31). The van der Waals surface area contributed by atoms with Crippen molar-refractivity contribution in [2.24, 2.45) is 0 Å². The van der Waals surface area contributed by atoms with E-state index in [-0.39, 0.29) is 22.8 Å². The molecule has 0 saturated heterocycles. The summed E-state index contributed by atoms with van der Waals surface area (Å²) in [4.78, 5) is 12.3. The Morgan fingerprint density at radius 1 is 0.969 bits per heavy atom. The molecule has 1 amide bonds. The molecule has 0 saturated carbocycles. The van der Waals surface area contributed by atoms with Gasteiger partial charge in [-0.3, -0.25) is 9.20 Å². The molecule has 0 aliphatic heterocycles. The Hall–Kier alpha value is -3.88. The van der Waals surface area contributed by atoms with Crippen molar-refractivity contribution < 1.29 is 31.5 Å². The van der Waals surface area contributed by atoms with Crippen LogP contribution in [0.5, 0.6) is 5.88 Å². The summed E-state index contributed by atoms with van der Waals surface area (Å²) in [6.07, 6.45) is -4.62. The van der Waals surface area contributed by atoms with Crippen molar-refractivity contribution in [1.29, 1.82) is 0 Å². The number of pyridine rings is 1. The first-order valence-electron chi connectivity index (χ1n) is 9.32. The molecule has 4 rings (SSSR count). The number of ether oxygens (including phenoxy) is 1. The van der Waals surface area contributed by atoms with Crippen LogP contribution in [0.25, 0.3) is 16.8 Å². The third-order valence-electron chi connectivity index (χ3n) is 4.88. The number of fused-ring (bicyclic) bond motifs is 1. The highest BCUT2D eigenvalue weighted by molar-refractivity contribution is 6.04. The van der Waals surface area contributed by atoms with Crippen LogP contribution < -0.4 is 10.1 Å². The Morgan fingerprint density at radius 3 is 2.31 bits per heavy atom. The van der Waals surface area contributed by atoms with E-state index < -0.39 is 34.8 Å². The number of rotatable bonds is 4. The number of methoxy groups -OCH3 is 1. The number of carbonyl (C=O) groups is 1. The molecule has 0 aliphatic carbocycles. The number of carbonyl (C=O) groups excluding carboxylic acids is 1. The Bertz CT molecular complexity index is 1310. The van der Waals surface area contributed by atoms with Crippen molar-refractivity contribution in [3.63, 3.8) is 0 Å². The Kier molecular flexibility index (Phi) is 5.33. The smallest absolute Gasteiger partial charge is 0.418 e. The molecule has 2 aromatic heterocycles. The average Bonchev–Trinajstić information content (AvgIpc) is 3.16. The third kappa shape index (κ3) is 3.77. The first-order valence-corrected chi connectivity index (χ1v) is 9.32. The Labute approximate surface area is 178 Å². The monoisotopic (exact) mass is 446 g/mol. The lowest BCUT2D eigenvalue weighted by Crippen LogP contribution is -2.14. The van der Waals surface area contributed by atoms with Gasteiger partial charge in [-0.15, -0.1) is 0 Å². The van der Waals surface area contributed by atoms with Gasteiger partial charge in [-0.05, 0) is 48.0 Å². The van der Waals surface area contributed by atoms with Gasteiger partial charge in [0.1, 0.15) is 0 Å². The minimum Gasteiger partial charge on any atom is -0.482 e. The molecule has 0 unspecified atom stereocenters. The van der Waals surface area contributed by atoms with Crippen LogP contribution in [-0.4, -0.2) is 17.4 Å². The lowest BCUT2D eigenvalue weighted by Gasteiger charge is -2.13. The number of hydrogen-bond donors (Lipinski definition) is 1. The fourth-order valence-electron chi connectivity index (χ4n) is 3.44. The molecule has 164 valence electrons. The zero-order chi connectivity index (χ0) is 23.0. The normalized spacial score (nSPS) is 11.6. The van der Waals surface area contributed by atoms with Gasteiger partial charge in [0, 0.05) is 11.2 Å². The fourth-order valence-corrected chi connectivity index (χ4v) is 3.44. The van der Waals surface area contributed by atoms with Crippen molar-refractivity contribution in [3.05, 3.63) is 89.5 Å². The predicted molar refractivity (Wildman–Crippen MR) is 109 cm³/mol. The predicted octanol–water partition coefficient (Wildman–Crippen LogP) is 6.16. The molecule has 0 fully saturated rings. The van der Waals surface area contributed by atoms with Crippen molar-refractivity contribution in [3.8, 4) is 17.1 Å². The SMILES string of the molecule is COc1cccc2cc(C(F)(F)F)c(-c3ccc(NC(=O)c4cccc(F)c4F)cc3)n12. The van der Waals surface area contributed by atoms with E-state index in [2.05, 4.69) is 5.32 Å². The molecule has 32 heavy (non-hydrogen) atoms. The summed E-state index contributed by atoms with van der Waals surface area (Å²) in [7, 11) is 1.36. The van der Waals surface area contributed by atoms with Crippen molar-refractivity contribution >= 4 is 17.1 Å². The highest BCUT2D eigenvalue weighted by Crippen LogP contribution is 2.41. The van der Waals surface area contributed by atoms with Crippen molar-refractivity contribution in [2.75, 3.05) is 12.4 Å². The maximum Gasteiger partial charge on any atom is 0.418 e. The van der Waals surface area contributed by atoms with Gasteiger partial charge in [-0.25, -0.2) is 8.78 Å². The molecular weight excluding hydrogens is 431 g/mol. The Balaban J connectivity index is 1.73. The minimum atomic E-state index is -4.62. The first-order chi connectivity index (χ1) is 15.2. The van der Waals surface area contributed by atoms with Gasteiger partial charge < -0.3 is 10.1 Å². The number of anilines is 1. The fraction of sp³-hybridized carbons (Fsp3) is 0.0870. The van der Waals surface area contributed by atoms with Crippen LogP contribution in [0.15, 0.2) is 66.7 Å². The topological polar surface area (TPSA) is 42.7 Å². The molecular formula is C23H15F5N2O2. The number of halogens is 5. The molecule has 0 spiro atoms. The molecule has 4 aromatic rings. The van der Waals surface area contributed by atoms with Gasteiger partial charge in [0.05, 0.1) is 23.9 Å². The summed E-state index contributed by atoms with van der Waals surface area (Å²) in [6.45, 7) is 0.